The van der Waals surface area contributed by atoms with E-state index in [2.05, 4.69) is 0 Å². The van der Waals surface area contributed by atoms with Gasteiger partial charge >= 0.3 is 0 Å². The smallest absolute Gasteiger partial charge is 0.224 e. The lowest BCUT2D eigenvalue weighted by molar-refractivity contribution is -0.135. The van der Waals surface area contributed by atoms with Crippen molar-refractivity contribution in [2.24, 2.45) is 5.73 Å². The molecule has 1 fully saturated rings. The van der Waals surface area contributed by atoms with Crippen molar-refractivity contribution >= 4 is 5.91 Å². The van der Waals surface area contributed by atoms with Crippen LogP contribution in [0.3, 0.4) is 0 Å². The van der Waals surface area contributed by atoms with Crippen LogP contribution in [-0.4, -0.2) is 55.4 Å². The summed E-state index contributed by atoms with van der Waals surface area (Å²) >= 11 is 0. The maximum Gasteiger partial charge on any atom is 0.224 e. The van der Waals surface area contributed by atoms with Crippen molar-refractivity contribution in [3.8, 4) is 0 Å². The van der Waals surface area contributed by atoms with Crippen molar-refractivity contribution in [2.75, 3.05) is 32.9 Å². The average Bonchev–Trinajstić information content (AvgIpc) is 2.33. The van der Waals surface area contributed by atoms with E-state index in [1.54, 1.807) is 0 Å². The molecule has 1 aliphatic rings. The minimum absolute atomic E-state index is 0.153. The highest BCUT2D eigenvalue weighted by atomic mass is 16.5. The van der Waals surface area contributed by atoms with Crippen molar-refractivity contribution < 1.29 is 14.3 Å². The van der Waals surface area contributed by atoms with Crippen LogP contribution < -0.4 is 5.73 Å². The molecule has 1 amide bonds. The molecule has 5 nitrogen and oxygen atoms in total. The fourth-order valence-corrected chi connectivity index (χ4v) is 2.19. The van der Waals surface area contributed by atoms with Crippen molar-refractivity contribution in [3.63, 3.8) is 0 Å². The first-order valence-electron chi connectivity index (χ1n) is 7.18. The average molecular weight is 272 g/mol. The zero-order valence-electron chi connectivity index (χ0n) is 12.5. The second kappa shape index (κ2) is 7.82. The Morgan fingerprint density at radius 1 is 1.32 bits per heavy atom. The Morgan fingerprint density at radius 2 is 1.95 bits per heavy atom. The molecule has 0 aromatic carbocycles. The van der Waals surface area contributed by atoms with Crippen molar-refractivity contribution in [1.82, 2.24) is 4.90 Å². The van der Waals surface area contributed by atoms with E-state index in [0.717, 1.165) is 32.5 Å². The lowest BCUT2D eigenvalue weighted by Gasteiger charge is -2.33. The molecule has 0 aromatic rings. The third kappa shape index (κ3) is 6.89. The second-order valence-electron chi connectivity index (χ2n) is 5.81. The minimum Gasteiger partial charge on any atom is -0.379 e. The predicted molar refractivity (Wildman–Crippen MR) is 74.9 cm³/mol. The molecule has 0 aliphatic carbocycles. The summed E-state index contributed by atoms with van der Waals surface area (Å²) in [5.41, 5.74) is 5.45. The number of carbonyl (C=O) groups excluding carboxylic acids is 1. The van der Waals surface area contributed by atoms with Crippen LogP contribution in [-0.2, 0) is 14.3 Å². The van der Waals surface area contributed by atoms with E-state index in [0.29, 0.717) is 19.6 Å². The molecular weight excluding hydrogens is 244 g/mol. The third-order valence-electron chi connectivity index (χ3n) is 3.19. The highest BCUT2D eigenvalue weighted by Gasteiger charge is 2.26. The Balaban J connectivity index is 2.19. The number of amides is 1. The van der Waals surface area contributed by atoms with Crippen LogP contribution in [0.5, 0.6) is 0 Å². The van der Waals surface area contributed by atoms with E-state index in [-0.39, 0.29) is 12.0 Å². The molecule has 1 saturated heterocycles. The summed E-state index contributed by atoms with van der Waals surface area (Å²) in [5.74, 6) is 0.153. The first kappa shape index (κ1) is 16.4. The first-order valence-corrected chi connectivity index (χ1v) is 7.18. The zero-order chi connectivity index (χ0) is 14.3. The highest BCUT2D eigenvalue weighted by Crippen LogP contribution is 2.16. The SMILES string of the molecule is CCOCCOC1CCN(C(=O)CC(C)(C)N)CC1. The maximum atomic E-state index is 12.0. The van der Waals surface area contributed by atoms with Crippen molar-refractivity contribution in [2.45, 2.75) is 51.7 Å². The number of piperidine rings is 1. The topological polar surface area (TPSA) is 64.8 Å². The van der Waals surface area contributed by atoms with E-state index < -0.39 is 5.54 Å². The molecular formula is C14H28N2O3. The van der Waals surface area contributed by atoms with Crippen LogP contribution in [0.1, 0.15) is 40.0 Å². The zero-order valence-corrected chi connectivity index (χ0v) is 12.5. The normalized spacial score (nSPS) is 17.8. The molecule has 0 aromatic heterocycles. The molecule has 19 heavy (non-hydrogen) atoms. The molecule has 112 valence electrons. The number of hydrogen-bond donors (Lipinski definition) is 1. The lowest BCUT2D eigenvalue weighted by Crippen LogP contribution is -2.45. The third-order valence-corrected chi connectivity index (χ3v) is 3.19. The van der Waals surface area contributed by atoms with Gasteiger partial charge in [0.05, 0.1) is 19.3 Å². The summed E-state index contributed by atoms with van der Waals surface area (Å²) in [6.45, 7) is 9.30. The van der Waals surface area contributed by atoms with E-state index in [4.69, 9.17) is 15.2 Å². The second-order valence-corrected chi connectivity index (χ2v) is 5.81. The van der Waals surface area contributed by atoms with Gasteiger partial charge in [0.25, 0.3) is 0 Å². The van der Waals surface area contributed by atoms with E-state index in [9.17, 15) is 4.79 Å². The van der Waals surface area contributed by atoms with E-state index in [1.807, 2.05) is 25.7 Å². The summed E-state index contributed by atoms with van der Waals surface area (Å²) in [4.78, 5) is 13.9. The van der Waals surface area contributed by atoms with Gasteiger partial charge in [-0.2, -0.15) is 0 Å². The Bertz CT molecular complexity index is 268. The number of nitrogens with zero attached hydrogens (tertiary/aromatic N) is 1. The molecule has 0 bridgehead atoms. The Labute approximate surface area is 116 Å². The first-order chi connectivity index (χ1) is 8.92. The predicted octanol–water partition coefficient (Wildman–Crippen LogP) is 1.16. The molecule has 0 unspecified atom stereocenters. The Hall–Kier alpha value is -0.650. The number of ether oxygens (including phenoxy) is 2. The Morgan fingerprint density at radius 3 is 2.47 bits per heavy atom. The largest absolute Gasteiger partial charge is 0.379 e. The number of hydrogen-bond acceptors (Lipinski definition) is 4. The van der Waals surface area contributed by atoms with Crippen LogP contribution in [0.15, 0.2) is 0 Å². The fraction of sp³-hybridized carbons (Fsp3) is 0.929. The van der Waals surface area contributed by atoms with Crippen LogP contribution >= 0.6 is 0 Å². The van der Waals surface area contributed by atoms with Gasteiger partial charge in [0.15, 0.2) is 0 Å². The van der Waals surface area contributed by atoms with Gasteiger partial charge in [0.1, 0.15) is 0 Å². The summed E-state index contributed by atoms with van der Waals surface area (Å²) in [6.07, 6.45) is 2.48. The van der Waals surface area contributed by atoms with Crippen molar-refractivity contribution in [1.29, 1.82) is 0 Å². The highest BCUT2D eigenvalue weighted by molar-refractivity contribution is 5.77. The molecule has 0 spiro atoms. The fourth-order valence-electron chi connectivity index (χ4n) is 2.19. The van der Waals surface area contributed by atoms with Crippen LogP contribution in [0.4, 0.5) is 0 Å². The number of nitrogens with two attached hydrogens (primary N) is 1. The molecule has 0 radical (unpaired) electrons. The molecule has 0 atom stereocenters. The molecule has 0 saturated carbocycles. The quantitative estimate of drug-likeness (QED) is 0.706. The molecule has 1 heterocycles. The Kier molecular flexibility index (Phi) is 6.75. The van der Waals surface area contributed by atoms with Gasteiger partial charge in [-0.15, -0.1) is 0 Å². The standard InChI is InChI=1S/C14H28N2O3/c1-4-18-9-10-19-12-5-7-16(8-6-12)13(17)11-14(2,3)15/h12H,4-11,15H2,1-3H3. The van der Waals surface area contributed by atoms with Gasteiger partial charge in [0, 0.05) is 31.7 Å². The van der Waals surface area contributed by atoms with Gasteiger partial charge in [-0.25, -0.2) is 0 Å². The van der Waals surface area contributed by atoms with Gasteiger partial charge in [0.2, 0.25) is 5.91 Å². The van der Waals surface area contributed by atoms with Gasteiger partial charge in [-0.1, -0.05) is 0 Å². The minimum atomic E-state index is -0.429. The molecule has 1 rings (SSSR count). The van der Waals surface area contributed by atoms with Gasteiger partial charge in [-0.3, -0.25) is 4.79 Å². The number of likely N-dealkylation sites (tertiary alicyclic amines) is 1. The van der Waals surface area contributed by atoms with Crippen LogP contribution in [0.2, 0.25) is 0 Å². The monoisotopic (exact) mass is 272 g/mol. The molecule has 1 aliphatic heterocycles. The number of rotatable bonds is 7. The van der Waals surface area contributed by atoms with E-state index in [1.165, 1.54) is 0 Å². The molecule has 5 heteroatoms. The van der Waals surface area contributed by atoms with Crippen LogP contribution in [0, 0.1) is 0 Å². The summed E-state index contributed by atoms with van der Waals surface area (Å²) in [7, 11) is 0. The summed E-state index contributed by atoms with van der Waals surface area (Å²) in [5, 5.41) is 0. The lowest BCUT2D eigenvalue weighted by atomic mass is 10.00. The van der Waals surface area contributed by atoms with Gasteiger partial charge < -0.3 is 20.1 Å². The van der Waals surface area contributed by atoms with Gasteiger partial charge in [-0.05, 0) is 33.6 Å². The van der Waals surface area contributed by atoms with Crippen LogP contribution in [0.25, 0.3) is 0 Å². The summed E-state index contributed by atoms with van der Waals surface area (Å²) in [6, 6.07) is 0. The van der Waals surface area contributed by atoms with E-state index >= 15 is 0 Å². The number of carbonyl (C=O) groups is 1. The van der Waals surface area contributed by atoms with Crippen molar-refractivity contribution in [3.05, 3.63) is 0 Å². The molecule has 2 N–H and O–H groups in total. The maximum absolute atomic E-state index is 12.0. The summed E-state index contributed by atoms with van der Waals surface area (Å²) < 4.78 is 11.0.